The van der Waals surface area contributed by atoms with E-state index in [4.69, 9.17) is 10.5 Å². The minimum absolute atomic E-state index is 0.321. The molecule has 4 nitrogen and oxygen atoms in total. The van der Waals surface area contributed by atoms with Gasteiger partial charge in [0.2, 0.25) is 0 Å². The second kappa shape index (κ2) is 7.29. The molecule has 0 aliphatic rings. The maximum absolute atomic E-state index is 11.7. The van der Waals surface area contributed by atoms with Crippen molar-refractivity contribution in [3.63, 3.8) is 0 Å². The van der Waals surface area contributed by atoms with Gasteiger partial charge in [-0.25, -0.2) is 0 Å². The predicted molar refractivity (Wildman–Crippen MR) is 82.9 cm³/mol. The predicted octanol–water partition coefficient (Wildman–Crippen LogP) is 2.49. The summed E-state index contributed by atoms with van der Waals surface area (Å²) in [7, 11) is 2.05. The van der Waals surface area contributed by atoms with Gasteiger partial charge in [-0.1, -0.05) is 12.1 Å². The first-order chi connectivity index (χ1) is 9.36. The number of carbonyl (C=O) groups excluding carboxylic acids is 1. The number of hydrogen-bond donors (Lipinski definition) is 1. The summed E-state index contributed by atoms with van der Waals surface area (Å²) in [5, 5.41) is 0. The van der Waals surface area contributed by atoms with Crippen LogP contribution in [0.25, 0.3) is 0 Å². The number of aryl methyl sites for hydroxylation is 1. The van der Waals surface area contributed by atoms with E-state index >= 15 is 0 Å². The number of rotatable bonds is 7. The second-order valence-corrected chi connectivity index (χ2v) is 5.50. The first-order valence-corrected chi connectivity index (χ1v) is 7.10. The van der Waals surface area contributed by atoms with Gasteiger partial charge < -0.3 is 15.4 Å². The highest BCUT2D eigenvalue weighted by Crippen LogP contribution is 2.17. The summed E-state index contributed by atoms with van der Waals surface area (Å²) in [6, 6.07) is 8.36. The van der Waals surface area contributed by atoms with Crippen molar-refractivity contribution in [2.75, 3.05) is 25.1 Å². The van der Waals surface area contributed by atoms with Crippen LogP contribution >= 0.6 is 0 Å². The van der Waals surface area contributed by atoms with Gasteiger partial charge in [-0.15, -0.1) is 0 Å². The van der Waals surface area contributed by atoms with Crippen LogP contribution in [0.5, 0.6) is 0 Å². The van der Waals surface area contributed by atoms with E-state index in [2.05, 4.69) is 30.0 Å². The normalized spacial score (nSPS) is 13.7. The molecule has 0 radical (unpaired) electrons. The summed E-state index contributed by atoms with van der Waals surface area (Å²) >= 11 is 0. The van der Waals surface area contributed by atoms with E-state index in [-0.39, 0.29) is 5.97 Å². The summed E-state index contributed by atoms with van der Waals surface area (Å²) in [4.78, 5) is 13.9. The standard InChI is InChI=1S/C16H26N2O2/c1-5-20-15(19)16(3,17)10-7-11-18(4)14-9-6-8-13(2)12-14/h6,8-9,12H,5,7,10-11,17H2,1-4H3. The zero-order chi connectivity index (χ0) is 15.2. The van der Waals surface area contributed by atoms with Gasteiger partial charge in [0, 0.05) is 19.3 Å². The smallest absolute Gasteiger partial charge is 0.325 e. The van der Waals surface area contributed by atoms with E-state index in [1.54, 1.807) is 13.8 Å². The van der Waals surface area contributed by atoms with E-state index in [1.165, 1.54) is 11.3 Å². The number of anilines is 1. The lowest BCUT2D eigenvalue weighted by atomic mass is 9.97. The summed E-state index contributed by atoms with van der Waals surface area (Å²) in [6.45, 7) is 6.83. The SMILES string of the molecule is CCOC(=O)C(C)(N)CCCN(C)c1cccc(C)c1. The largest absolute Gasteiger partial charge is 0.465 e. The van der Waals surface area contributed by atoms with Crippen LogP contribution in [0.1, 0.15) is 32.3 Å². The van der Waals surface area contributed by atoms with Crippen LogP contribution in [0.2, 0.25) is 0 Å². The lowest BCUT2D eigenvalue weighted by Gasteiger charge is -2.25. The summed E-state index contributed by atoms with van der Waals surface area (Å²) in [5.41, 5.74) is 7.52. The highest BCUT2D eigenvalue weighted by atomic mass is 16.5. The van der Waals surface area contributed by atoms with Crippen LogP contribution in [0.4, 0.5) is 5.69 Å². The van der Waals surface area contributed by atoms with Gasteiger partial charge in [0.1, 0.15) is 5.54 Å². The van der Waals surface area contributed by atoms with Gasteiger partial charge in [-0.05, 0) is 51.3 Å². The first-order valence-electron chi connectivity index (χ1n) is 7.10. The zero-order valence-electron chi connectivity index (χ0n) is 13.0. The van der Waals surface area contributed by atoms with Crippen molar-refractivity contribution in [1.82, 2.24) is 0 Å². The Hall–Kier alpha value is -1.55. The average Bonchev–Trinajstić information content (AvgIpc) is 2.38. The molecular formula is C16H26N2O2. The Labute approximate surface area is 121 Å². The molecule has 0 fully saturated rings. The number of benzene rings is 1. The number of hydrogen-bond acceptors (Lipinski definition) is 4. The second-order valence-electron chi connectivity index (χ2n) is 5.50. The molecule has 1 aromatic rings. The molecule has 0 aromatic heterocycles. The quantitative estimate of drug-likeness (QED) is 0.779. The fourth-order valence-electron chi connectivity index (χ4n) is 2.08. The lowest BCUT2D eigenvalue weighted by molar-refractivity contribution is -0.149. The lowest BCUT2D eigenvalue weighted by Crippen LogP contribution is -2.46. The molecular weight excluding hydrogens is 252 g/mol. The molecule has 1 unspecified atom stereocenters. The summed E-state index contributed by atoms with van der Waals surface area (Å²) in [6.07, 6.45) is 1.46. The van der Waals surface area contributed by atoms with Gasteiger partial charge in [0.05, 0.1) is 6.61 Å². The molecule has 20 heavy (non-hydrogen) atoms. The van der Waals surface area contributed by atoms with Crippen molar-refractivity contribution in [1.29, 1.82) is 0 Å². The molecule has 0 amide bonds. The Kier molecular flexibility index (Phi) is 6.02. The molecule has 1 atom stereocenters. The highest BCUT2D eigenvalue weighted by Gasteiger charge is 2.29. The van der Waals surface area contributed by atoms with Crippen molar-refractivity contribution < 1.29 is 9.53 Å². The van der Waals surface area contributed by atoms with Crippen molar-refractivity contribution in [2.24, 2.45) is 5.73 Å². The first kappa shape index (κ1) is 16.5. The molecule has 1 aromatic carbocycles. The van der Waals surface area contributed by atoms with Crippen molar-refractivity contribution in [3.8, 4) is 0 Å². The Balaban J connectivity index is 2.46. The summed E-state index contributed by atoms with van der Waals surface area (Å²) in [5.74, 6) is -0.321. The fourth-order valence-corrected chi connectivity index (χ4v) is 2.08. The number of nitrogens with two attached hydrogens (primary N) is 1. The van der Waals surface area contributed by atoms with Crippen LogP contribution in [-0.4, -0.2) is 31.7 Å². The highest BCUT2D eigenvalue weighted by molar-refractivity contribution is 5.79. The minimum Gasteiger partial charge on any atom is -0.465 e. The molecule has 0 aliphatic heterocycles. The molecule has 4 heteroatoms. The van der Waals surface area contributed by atoms with Crippen LogP contribution < -0.4 is 10.6 Å². The number of ether oxygens (including phenoxy) is 1. The Morgan fingerprint density at radius 2 is 2.15 bits per heavy atom. The third-order valence-electron chi connectivity index (χ3n) is 3.37. The average molecular weight is 278 g/mol. The van der Waals surface area contributed by atoms with E-state index in [0.717, 1.165) is 13.0 Å². The molecule has 0 bridgehead atoms. The van der Waals surface area contributed by atoms with Crippen LogP contribution in [-0.2, 0) is 9.53 Å². The van der Waals surface area contributed by atoms with E-state index in [9.17, 15) is 4.79 Å². The van der Waals surface area contributed by atoms with Gasteiger partial charge in [0.25, 0.3) is 0 Å². The van der Waals surface area contributed by atoms with E-state index in [1.807, 2.05) is 13.1 Å². The molecule has 0 aliphatic carbocycles. The zero-order valence-corrected chi connectivity index (χ0v) is 13.0. The van der Waals surface area contributed by atoms with Crippen LogP contribution in [0.3, 0.4) is 0 Å². The molecule has 112 valence electrons. The topological polar surface area (TPSA) is 55.6 Å². The molecule has 0 saturated carbocycles. The monoisotopic (exact) mass is 278 g/mol. The Morgan fingerprint density at radius 3 is 2.75 bits per heavy atom. The van der Waals surface area contributed by atoms with E-state index < -0.39 is 5.54 Å². The Morgan fingerprint density at radius 1 is 1.45 bits per heavy atom. The maximum atomic E-state index is 11.7. The molecule has 2 N–H and O–H groups in total. The number of esters is 1. The van der Waals surface area contributed by atoms with Gasteiger partial charge in [-0.3, -0.25) is 4.79 Å². The molecule has 0 saturated heterocycles. The van der Waals surface area contributed by atoms with Gasteiger partial charge in [0.15, 0.2) is 0 Å². The maximum Gasteiger partial charge on any atom is 0.325 e. The third kappa shape index (κ3) is 4.85. The minimum atomic E-state index is -0.899. The van der Waals surface area contributed by atoms with Crippen LogP contribution in [0.15, 0.2) is 24.3 Å². The molecule has 1 rings (SSSR count). The third-order valence-corrected chi connectivity index (χ3v) is 3.37. The van der Waals surface area contributed by atoms with Gasteiger partial charge >= 0.3 is 5.97 Å². The van der Waals surface area contributed by atoms with Crippen molar-refractivity contribution in [3.05, 3.63) is 29.8 Å². The van der Waals surface area contributed by atoms with Crippen LogP contribution in [0, 0.1) is 6.92 Å². The molecule has 0 spiro atoms. The van der Waals surface area contributed by atoms with Crippen molar-refractivity contribution >= 4 is 11.7 Å². The fraction of sp³-hybridized carbons (Fsp3) is 0.562. The number of nitrogens with zero attached hydrogens (tertiary/aromatic N) is 1. The van der Waals surface area contributed by atoms with Crippen molar-refractivity contribution in [2.45, 2.75) is 39.2 Å². The Bertz CT molecular complexity index is 444. The summed E-state index contributed by atoms with van der Waals surface area (Å²) < 4.78 is 4.99. The van der Waals surface area contributed by atoms with Gasteiger partial charge in [-0.2, -0.15) is 0 Å². The molecule has 0 heterocycles. The van der Waals surface area contributed by atoms with E-state index in [0.29, 0.717) is 13.0 Å². The number of carbonyl (C=O) groups is 1.